The van der Waals surface area contributed by atoms with Gasteiger partial charge in [-0.1, -0.05) is 13.8 Å². The van der Waals surface area contributed by atoms with E-state index in [4.69, 9.17) is 0 Å². The molecule has 1 aliphatic heterocycles. The van der Waals surface area contributed by atoms with E-state index in [-0.39, 0.29) is 41.4 Å². The van der Waals surface area contributed by atoms with Crippen LogP contribution < -0.4 is 5.56 Å². The zero-order valence-corrected chi connectivity index (χ0v) is 28.6. The minimum Gasteiger partial charge on any atom is -0.481 e. The Morgan fingerprint density at radius 2 is 1.60 bits per heavy atom. The van der Waals surface area contributed by atoms with Gasteiger partial charge in [-0.3, -0.25) is 14.4 Å². The molecule has 0 radical (unpaired) electrons. The number of rotatable bonds is 14. The van der Waals surface area contributed by atoms with Gasteiger partial charge in [0.25, 0.3) is 5.56 Å². The molecule has 12 heteroatoms. The number of aryl methyl sites for hydroxylation is 2. The van der Waals surface area contributed by atoms with Crippen LogP contribution in [0, 0.1) is 37.2 Å². The number of ketones is 1. The molecule has 0 amide bonds. The molecule has 5 rings (SSSR count). The zero-order valence-electron chi connectivity index (χ0n) is 28.6. The van der Waals surface area contributed by atoms with Gasteiger partial charge in [-0.15, -0.1) is 0 Å². The van der Waals surface area contributed by atoms with Crippen LogP contribution in [-0.2, 0) is 22.2 Å². The number of hydrogen-bond donors (Lipinski definition) is 1. The maximum atomic E-state index is 16.7. The van der Waals surface area contributed by atoms with Crippen molar-refractivity contribution in [3.05, 3.63) is 91.6 Å². The van der Waals surface area contributed by atoms with Gasteiger partial charge >= 0.3 is 12.1 Å². The van der Waals surface area contributed by atoms with E-state index in [2.05, 4.69) is 0 Å². The Kier molecular flexibility index (Phi) is 11.0. The van der Waals surface area contributed by atoms with Crippen molar-refractivity contribution in [3.8, 4) is 11.1 Å². The van der Waals surface area contributed by atoms with Crippen LogP contribution in [0.1, 0.15) is 104 Å². The Balaban J connectivity index is 1.60. The Morgan fingerprint density at radius 3 is 2.12 bits per heavy atom. The lowest BCUT2D eigenvalue weighted by molar-refractivity contribution is -0.139. The summed E-state index contributed by atoms with van der Waals surface area (Å²) in [7, 11) is 0. The first-order valence-corrected chi connectivity index (χ1v) is 17.0. The molecule has 3 aromatic rings. The number of carbonyl (C=O) groups is 2. The monoisotopic (exact) mass is 704 g/mol. The van der Waals surface area contributed by atoms with E-state index in [0.29, 0.717) is 42.1 Å². The van der Waals surface area contributed by atoms with Gasteiger partial charge in [0.1, 0.15) is 17.5 Å². The third-order valence-electron chi connectivity index (χ3n) is 9.84. The molecular weight excluding hydrogens is 662 g/mol. The summed E-state index contributed by atoms with van der Waals surface area (Å²) in [5.74, 6) is -6.70. The number of alkyl halides is 3. The highest BCUT2D eigenvalue weighted by atomic mass is 19.4. The minimum absolute atomic E-state index is 0.0156. The molecule has 1 N–H and O–H groups in total. The van der Waals surface area contributed by atoms with Crippen LogP contribution in [0.25, 0.3) is 11.1 Å². The van der Waals surface area contributed by atoms with E-state index in [9.17, 15) is 37.1 Å². The number of pyridine rings is 1. The third-order valence-corrected chi connectivity index (χ3v) is 9.84. The summed E-state index contributed by atoms with van der Waals surface area (Å²) in [5.41, 5.74) is -1.65. The first-order valence-electron chi connectivity index (χ1n) is 17.0. The van der Waals surface area contributed by atoms with Crippen molar-refractivity contribution in [2.24, 2.45) is 5.92 Å². The van der Waals surface area contributed by atoms with Gasteiger partial charge in [0.05, 0.1) is 18.0 Å². The van der Waals surface area contributed by atoms with Crippen molar-refractivity contribution in [1.29, 1.82) is 0 Å². The number of carboxylic acid groups (broad SMARTS) is 1. The first kappa shape index (κ1) is 37.3. The second-order valence-electron chi connectivity index (χ2n) is 14.3. The smallest absolute Gasteiger partial charge is 0.416 e. The fourth-order valence-corrected chi connectivity index (χ4v) is 7.14. The predicted molar refractivity (Wildman–Crippen MR) is 177 cm³/mol. The van der Waals surface area contributed by atoms with Crippen LogP contribution in [0.15, 0.2) is 35.3 Å². The second kappa shape index (κ2) is 14.7. The average molecular weight is 705 g/mol. The molecule has 2 aromatic carbocycles. The number of benzene rings is 2. The highest BCUT2D eigenvalue weighted by Gasteiger charge is 2.38. The van der Waals surface area contributed by atoms with Crippen molar-refractivity contribution >= 4 is 11.8 Å². The van der Waals surface area contributed by atoms with Gasteiger partial charge in [-0.25, -0.2) is 13.2 Å². The molecule has 1 aromatic heterocycles. The molecular formula is C38H42F6N2O4. The van der Waals surface area contributed by atoms with Gasteiger partial charge in [-0.05, 0) is 117 Å². The SMILES string of the molecule is Cc1cc(F)cc(C)c1-c1cc(C2CC2)c(F)c([C@H](CC(=O)O)CC(=O)C(CC(C)C)n2cc(CCN3CCC3)c(C(F)(F)F)cc2=O)c1F. The number of halogens is 6. The topological polar surface area (TPSA) is 79.6 Å². The average Bonchev–Trinajstić information content (AvgIpc) is 3.81. The summed E-state index contributed by atoms with van der Waals surface area (Å²) in [4.78, 5) is 41.6. The van der Waals surface area contributed by atoms with Crippen molar-refractivity contribution in [3.63, 3.8) is 0 Å². The van der Waals surface area contributed by atoms with Crippen molar-refractivity contribution < 1.29 is 41.0 Å². The van der Waals surface area contributed by atoms with E-state index >= 15 is 8.78 Å². The largest absolute Gasteiger partial charge is 0.481 e. The molecule has 2 fully saturated rings. The van der Waals surface area contributed by atoms with E-state index in [0.717, 1.165) is 30.3 Å². The molecule has 1 saturated heterocycles. The molecule has 0 bridgehead atoms. The van der Waals surface area contributed by atoms with Crippen molar-refractivity contribution in [2.45, 2.75) is 96.7 Å². The fourth-order valence-electron chi connectivity index (χ4n) is 7.14. The van der Waals surface area contributed by atoms with Gasteiger partial charge < -0.3 is 14.6 Å². The lowest BCUT2D eigenvalue weighted by Crippen LogP contribution is -2.39. The van der Waals surface area contributed by atoms with E-state index in [1.807, 2.05) is 4.90 Å². The van der Waals surface area contributed by atoms with Gasteiger partial charge in [0.15, 0.2) is 5.78 Å². The summed E-state index contributed by atoms with van der Waals surface area (Å²) in [5, 5.41) is 9.89. The second-order valence-corrected chi connectivity index (χ2v) is 14.3. The quantitative estimate of drug-likeness (QED) is 0.170. The Hall–Kier alpha value is -3.93. The number of Topliss-reactive ketones (excluding diaryl/α,β-unsaturated/α-hetero) is 1. The van der Waals surface area contributed by atoms with Crippen LogP contribution >= 0.6 is 0 Å². The Labute approximate surface area is 287 Å². The van der Waals surface area contributed by atoms with E-state index in [1.165, 1.54) is 18.2 Å². The number of carbonyl (C=O) groups excluding carboxylic acids is 1. The number of carboxylic acids is 1. The normalized spacial score (nSPS) is 16.4. The Morgan fingerprint density at radius 1 is 0.960 bits per heavy atom. The molecule has 270 valence electrons. The number of aliphatic carboxylic acids is 1. The maximum absolute atomic E-state index is 16.7. The Bertz CT molecular complexity index is 1820. The molecule has 0 spiro atoms. The van der Waals surface area contributed by atoms with Gasteiger partial charge in [0, 0.05) is 42.3 Å². The maximum Gasteiger partial charge on any atom is 0.416 e. The number of nitrogens with zero attached hydrogens (tertiary/aromatic N) is 2. The number of aromatic nitrogens is 1. The molecule has 2 heterocycles. The lowest BCUT2D eigenvalue weighted by atomic mass is 9.82. The molecule has 50 heavy (non-hydrogen) atoms. The van der Waals surface area contributed by atoms with Crippen LogP contribution in [0.4, 0.5) is 26.3 Å². The first-order chi connectivity index (χ1) is 23.5. The highest BCUT2D eigenvalue weighted by Crippen LogP contribution is 2.47. The standard InChI is InChI=1S/C38H42F6N2O4/c1-20(2)12-30(46-19-24(8-11-45-9-5-10-45)29(18-32(46)48)38(42,43)44)31(47)15-25(16-33(49)50)35-36(40)27(23-6-7-23)17-28(37(35)41)34-21(3)13-26(39)14-22(34)4/h13-14,17-20,23,25,30H,5-12,15-16H2,1-4H3,(H,49,50)/t25-,30?/m0/s1. The number of likely N-dealkylation sites (tertiary alicyclic amines) is 1. The fraction of sp³-hybridized carbons (Fsp3) is 0.500. The molecule has 1 aliphatic carbocycles. The van der Waals surface area contributed by atoms with E-state index < -0.39 is 76.9 Å². The minimum atomic E-state index is -4.81. The van der Waals surface area contributed by atoms with Crippen LogP contribution in [0.2, 0.25) is 0 Å². The van der Waals surface area contributed by atoms with Gasteiger partial charge in [-0.2, -0.15) is 13.2 Å². The third kappa shape index (κ3) is 8.16. The zero-order chi connectivity index (χ0) is 36.7. The molecule has 1 saturated carbocycles. The lowest BCUT2D eigenvalue weighted by Gasteiger charge is -2.31. The molecule has 6 nitrogen and oxygen atoms in total. The molecule has 2 aliphatic rings. The number of hydrogen-bond acceptors (Lipinski definition) is 4. The van der Waals surface area contributed by atoms with Crippen LogP contribution in [0.3, 0.4) is 0 Å². The summed E-state index contributed by atoms with van der Waals surface area (Å²) < 4.78 is 90.4. The van der Waals surface area contributed by atoms with Crippen LogP contribution in [0.5, 0.6) is 0 Å². The molecule has 2 atom stereocenters. The molecule has 1 unspecified atom stereocenters. The highest BCUT2D eigenvalue weighted by molar-refractivity contribution is 5.84. The van der Waals surface area contributed by atoms with Crippen molar-refractivity contribution in [2.75, 3.05) is 19.6 Å². The van der Waals surface area contributed by atoms with Crippen molar-refractivity contribution in [1.82, 2.24) is 9.47 Å². The van der Waals surface area contributed by atoms with E-state index in [1.54, 1.807) is 27.7 Å². The van der Waals surface area contributed by atoms with Crippen LogP contribution in [-0.4, -0.2) is 46.0 Å². The summed E-state index contributed by atoms with van der Waals surface area (Å²) in [6.07, 6.45) is -3.09. The summed E-state index contributed by atoms with van der Waals surface area (Å²) in [6, 6.07) is 2.98. The summed E-state index contributed by atoms with van der Waals surface area (Å²) in [6.45, 7) is 8.50. The predicted octanol–water partition coefficient (Wildman–Crippen LogP) is 8.50. The summed E-state index contributed by atoms with van der Waals surface area (Å²) >= 11 is 0. The van der Waals surface area contributed by atoms with Gasteiger partial charge in [0.2, 0.25) is 0 Å².